The Labute approximate surface area is 113 Å². The predicted molar refractivity (Wildman–Crippen MR) is 70.8 cm³/mol. The number of piperidine rings is 1. The van der Waals surface area contributed by atoms with Gasteiger partial charge in [0.05, 0.1) is 17.7 Å². The molecule has 0 saturated carbocycles. The van der Waals surface area contributed by atoms with E-state index >= 15 is 0 Å². The molecule has 1 aliphatic rings. The van der Waals surface area contributed by atoms with Crippen molar-refractivity contribution >= 4 is 0 Å². The molecular weight excluding hydrogens is 243 g/mol. The average molecular weight is 262 g/mol. The van der Waals surface area contributed by atoms with Crippen LogP contribution in [0.4, 0.5) is 4.39 Å². The zero-order chi connectivity index (χ0) is 13.8. The monoisotopic (exact) mass is 262 g/mol. The Balaban J connectivity index is 2.00. The molecule has 3 nitrogen and oxygen atoms in total. The molecule has 102 valence electrons. The van der Waals surface area contributed by atoms with Gasteiger partial charge in [-0.3, -0.25) is 4.90 Å². The van der Waals surface area contributed by atoms with Crippen molar-refractivity contribution in [3.8, 4) is 6.07 Å². The summed E-state index contributed by atoms with van der Waals surface area (Å²) in [6, 6.07) is 6.41. The van der Waals surface area contributed by atoms with Gasteiger partial charge in [0, 0.05) is 6.54 Å². The summed E-state index contributed by atoms with van der Waals surface area (Å²) in [6.07, 6.45) is 1.65. The number of halogens is 1. The maximum atomic E-state index is 13.2. The van der Waals surface area contributed by atoms with E-state index in [0.29, 0.717) is 18.0 Å². The van der Waals surface area contributed by atoms with Gasteiger partial charge in [0.1, 0.15) is 5.82 Å². The van der Waals surface area contributed by atoms with Crippen LogP contribution in [0.25, 0.3) is 0 Å². The highest BCUT2D eigenvalue weighted by atomic mass is 19.1. The molecule has 1 atom stereocenters. The van der Waals surface area contributed by atoms with E-state index < -0.39 is 0 Å². The highest BCUT2D eigenvalue weighted by Crippen LogP contribution is 2.22. The number of rotatable bonds is 3. The van der Waals surface area contributed by atoms with E-state index in [4.69, 9.17) is 5.26 Å². The van der Waals surface area contributed by atoms with Crippen LogP contribution in [0.2, 0.25) is 0 Å². The van der Waals surface area contributed by atoms with Gasteiger partial charge < -0.3 is 5.11 Å². The quantitative estimate of drug-likeness (QED) is 0.909. The second-order valence-electron chi connectivity index (χ2n) is 5.27. The standard InChI is InChI=1S/C15H19FN2O/c1-11(19)12-4-6-18(7-5-12)10-14-8-15(16)3-2-13(14)9-17/h2-3,8,11-12,19H,4-7,10H2,1H3. The third-order valence-corrected chi connectivity index (χ3v) is 3.90. The Hall–Kier alpha value is -1.44. The van der Waals surface area contributed by atoms with Gasteiger partial charge in [-0.05, 0) is 62.5 Å². The first-order valence-electron chi connectivity index (χ1n) is 6.69. The zero-order valence-corrected chi connectivity index (χ0v) is 11.1. The van der Waals surface area contributed by atoms with Gasteiger partial charge in [-0.2, -0.15) is 5.26 Å². The predicted octanol–water partition coefficient (Wildman–Crippen LogP) is 2.29. The van der Waals surface area contributed by atoms with Gasteiger partial charge in [0.25, 0.3) is 0 Å². The molecule has 1 saturated heterocycles. The van der Waals surface area contributed by atoms with Crippen LogP contribution in [0.1, 0.15) is 30.9 Å². The van der Waals surface area contributed by atoms with E-state index in [-0.39, 0.29) is 11.9 Å². The lowest BCUT2D eigenvalue weighted by Crippen LogP contribution is -2.36. The second-order valence-corrected chi connectivity index (χ2v) is 5.27. The van der Waals surface area contributed by atoms with Crippen LogP contribution in [0.5, 0.6) is 0 Å². The molecule has 1 fully saturated rings. The summed E-state index contributed by atoms with van der Waals surface area (Å²) in [6.45, 7) is 4.21. The Morgan fingerprint density at radius 3 is 2.74 bits per heavy atom. The van der Waals surface area contributed by atoms with E-state index in [1.165, 1.54) is 18.2 Å². The van der Waals surface area contributed by atoms with Crippen molar-refractivity contribution in [2.75, 3.05) is 13.1 Å². The number of hydrogen-bond acceptors (Lipinski definition) is 3. The van der Waals surface area contributed by atoms with Crippen LogP contribution in [0.3, 0.4) is 0 Å². The molecule has 0 amide bonds. The molecular formula is C15H19FN2O. The van der Waals surface area contributed by atoms with Gasteiger partial charge >= 0.3 is 0 Å². The second kappa shape index (κ2) is 6.14. The van der Waals surface area contributed by atoms with E-state index in [1.54, 1.807) is 0 Å². The van der Waals surface area contributed by atoms with Crippen LogP contribution in [-0.4, -0.2) is 29.2 Å². The van der Waals surface area contributed by atoms with Crippen molar-refractivity contribution in [2.24, 2.45) is 5.92 Å². The smallest absolute Gasteiger partial charge is 0.123 e. The van der Waals surface area contributed by atoms with E-state index in [0.717, 1.165) is 31.5 Å². The topological polar surface area (TPSA) is 47.3 Å². The SMILES string of the molecule is CC(O)C1CCN(Cc2cc(F)ccc2C#N)CC1. The number of nitriles is 1. The molecule has 0 bridgehead atoms. The van der Waals surface area contributed by atoms with Crippen molar-refractivity contribution < 1.29 is 9.50 Å². The summed E-state index contributed by atoms with van der Waals surface area (Å²) < 4.78 is 13.2. The van der Waals surface area contributed by atoms with Crippen molar-refractivity contribution in [1.82, 2.24) is 4.90 Å². The lowest BCUT2D eigenvalue weighted by Gasteiger charge is -2.33. The minimum absolute atomic E-state index is 0.258. The normalized spacial score (nSPS) is 19.1. The molecule has 0 aliphatic carbocycles. The summed E-state index contributed by atoms with van der Waals surface area (Å²) >= 11 is 0. The molecule has 4 heteroatoms. The molecule has 1 aromatic carbocycles. The molecule has 1 N–H and O–H groups in total. The molecule has 1 unspecified atom stereocenters. The first kappa shape index (κ1) is 14.0. The molecule has 0 radical (unpaired) electrons. The maximum Gasteiger partial charge on any atom is 0.123 e. The van der Waals surface area contributed by atoms with Crippen molar-refractivity contribution in [3.05, 3.63) is 35.1 Å². The van der Waals surface area contributed by atoms with E-state index in [1.807, 2.05) is 6.92 Å². The van der Waals surface area contributed by atoms with Crippen LogP contribution >= 0.6 is 0 Å². The molecule has 19 heavy (non-hydrogen) atoms. The largest absolute Gasteiger partial charge is 0.393 e. The van der Waals surface area contributed by atoms with Gasteiger partial charge in [-0.15, -0.1) is 0 Å². The van der Waals surface area contributed by atoms with Gasteiger partial charge in [0.2, 0.25) is 0 Å². The highest BCUT2D eigenvalue weighted by Gasteiger charge is 2.23. The molecule has 1 heterocycles. The zero-order valence-electron chi connectivity index (χ0n) is 11.1. The fraction of sp³-hybridized carbons (Fsp3) is 0.533. The van der Waals surface area contributed by atoms with Crippen molar-refractivity contribution in [3.63, 3.8) is 0 Å². The maximum absolute atomic E-state index is 13.2. The molecule has 0 spiro atoms. The third kappa shape index (κ3) is 3.52. The van der Waals surface area contributed by atoms with Gasteiger partial charge in [0.15, 0.2) is 0 Å². The fourth-order valence-electron chi connectivity index (χ4n) is 2.64. The summed E-state index contributed by atoms with van der Waals surface area (Å²) in [4.78, 5) is 2.22. The minimum atomic E-state index is -0.298. The number of aliphatic hydroxyl groups excluding tert-OH is 1. The number of nitrogens with zero attached hydrogens (tertiary/aromatic N) is 2. The lowest BCUT2D eigenvalue weighted by molar-refractivity contribution is 0.0695. The van der Waals surface area contributed by atoms with Crippen LogP contribution in [-0.2, 0) is 6.54 Å². The molecule has 1 aliphatic heterocycles. The Morgan fingerprint density at radius 1 is 1.47 bits per heavy atom. The van der Waals surface area contributed by atoms with E-state index in [9.17, 15) is 9.50 Å². The minimum Gasteiger partial charge on any atom is -0.393 e. The van der Waals surface area contributed by atoms with Gasteiger partial charge in [-0.1, -0.05) is 0 Å². The van der Waals surface area contributed by atoms with Crippen LogP contribution < -0.4 is 0 Å². The van der Waals surface area contributed by atoms with Crippen LogP contribution in [0.15, 0.2) is 18.2 Å². The summed E-state index contributed by atoms with van der Waals surface area (Å²) in [7, 11) is 0. The molecule has 2 rings (SSSR count). The van der Waals surface area contributed by atoms with Gasteiger partial charge in [-0.25, -0.2) is 4.39 Å². The highest BCUT2D eigenvalue weighted by molar-refractivity contribution is 5.37. The lowest BCUT2D eigenvalue weighted by atomic mass is 9.92. The van der Waals surface area contributed by atoms with Crippen LogP contribution in [0, 0.1) is 23.1 Å². The summed E-state index contributed by atoms with van der Waals surface area (Å²) in [5, 5.41) is 18.6. The van der Waals surface area contributed by atoms with E-state index in [2.05, 4.69) is 11.0 Å². The molecule has 1 aromatic rings. The first-order chi connectivity index (χ1) is 9.10. The number of aliphatic hydroxyl groups is 1. The third-order valence-electron chi connectivity index (χ3n) is 3.90. The Kier molecular flexibility index (Phi) is 4.52. The Bertz CT molecular complexity index is 474. The average Bonchev–Trinajstić information content (AvgIpc) is 2.39. The summed E-state index contributed by atoms with van der Waals surface area (Å²) in [5.41, 5.74) is 1.29. The number of benzene rings is 1. The number of likely N-dealkylation sites (tertiary alicyclic amines) is 1. The van der Waals surface area contributed by atoms with Crippen molar-refractivity contribution in [2.45, 2.75) is 32.4 Å². The number of hydrogen-bond donors (Lipinski definition) is 1. The summed E-state index contributed by atoms with van der Waals surface area (Å²) in [5.74, 6) is 0.0621. The van der Waals surface area contributed by atoms with Crippen molar-refractivity contribution in [1.29, 1.82) is 5.26 Å². The fourth-order valence-corrected chi connectivity index (χ4v) is 2.64. The Morgan fingerprint density at radius 2 is 2.16 bits per heavy atom. The first-order valence-corrected chi connectivity index (χ1v) is 6.69. The molecule has 0 aromatic heterocycles.